The van der Waals surface area contributed by atoms with Crippen molar-refractivity contribution < 1.29 is 28.7 Å². The van der Waals surface area contributed by atoms with Gasteiger partial charge >= 0.3 is 0 Å². The van der Waals surface area contributed by atoms with E-state index in [4.69, 9.17) is 9.47 Å². The highest BCUT2D eigenvalue weighted by Crippen LogP contribution is 2.30. The molecule has 10 atom stereocenters. The molecule has 316 valence electrons. The number of likely N-dealkylation sites (N-methyl/N-ethyl adjacent to an activating group) is 2. The molecule has 18 heteroatoms. The molecule has 0 spiro atoms. The number of nitrogens with one attached hydrogen (secondary N) is 3. The number of tetrazole rings is 1. The molecule has 0 bridgehead atoms. The maximum atomic E-state index is 14.4. The molecule has 1 aromatic carbocycles. The van der Waals surface area contributed by atoms with Crippen LogP contribution in [-0.2, 0) is 35.1 Å². The van der Waals surface area contributed by atoms with Crippen LogP contribution in [0.2, 0.25) is 0 Å². The average Bonchev–Trinajstić information content (AvgIpc) is 3.90. The Morgan fingerprint density at radius 1 is 1.04 bits per heavy atom. The molecule has 1 aliphatic heterocycles. The summed E-state index contributed by atoms with van der Waals surface area (Å²) in [5.41, 5.74) is 10.3. The Labute approximate surface area is 336 Å². The number of likely N-dealkylation sites (tertiary alicyclic amines) is 1. The van der Waals surface area contributed by atoms with E-state index in [2.05, 4.69) is 41.3 Å². The van der Waals surface area contributed by atoms with Gasteiger partial charge in [0.05, 0.1) is 54.8 Å². The number of amides is 4. The topological polar surface area (TPSA) is 224 Å². The lowest BCUT2D eigenvalue weighted by Crippen LogP contribution is -2.60. The summed E-state index contributed by atoms with van der Waals surface area (Å²) in [4.78, 5) is 64.0. The minimum Gasteiger partial charge on any atom is -0.379 e. The summed E-state index contributed by atoms with van der Waals surface area (Å²) in [6, 6.07) is 5.57. The van der Waals surface area contributed by atoms with E-state index in [1.54, 1.807) is 51.9 Å². The minimum atomic E-state index is -1.16. The van der Waals surface area contributed by atoms with Gasteiger partial charge < -0.3 is 29.9 Å². The van der Waals surface area contributed by atoms with E-state index in [0.717, 1.165) is 12.0 Å². The number of azide groups is 1. The van der Waals surface area contributed by atoms with Crippen molar-refractivity contribution >= 4 is 23.6 Å². The van der Waals surface area contributed by atoms with E-state index in [9.17, 15) is 24.7 Å². The van der Waals surface area contributed by atoms with Crippen LogP contribution in [-0.4, -0.2) is 143 Å². The van der Waals surface area contributed by atoms with Crippen molar-refractivity contribution in [2.45, 2.75) is 122 Å². The second kappa shape index (κ2) is 22.3. The van der Waals surface area contributed by atoms with Gasteiger partial charge in [-0.3, -0.25) is 24.1 Å². The summed E-state index contributed by atoms with van der Waals surface area (Å²) in [6.45, 7) is 11.6. The van der Waals surface area contributed by atoms with Gasteiger partial charge in [0.25, 0.3) is 0 Å². The highest BCUT2D eigenvalue weighted by molar-refractivity contribution is 5.90. The Morgan fingerprint density at radius 3 is 2.26 bits per heavy atom. The molecule has 0 saturated carbocycles. The van der Waals surface area contributed by atoms with Crippen LogP contribution in [0.25, 0.3) is 10.4 Å². The Hall–Kier alpha value is -4.64. The van der Waals surface area contributed by atoms with Crippen LogP contribution < -0.4 is 10.6 Å². The van der Waals surface area contributed by atoms with Crippen molar-refractivity contribution in [3.05, 3.63) is 52.2 Å². The normalized spacial score (nSPS) is 19.0. The number of H-pyrrole nitrogens is 1. The summed E-state index contributed by atoms with van der Waals surface area (Å²) >= 11 is 0. The predicted molar refractivity (Wildman–Crippen MR) is 214 cm³/mol. The number of nitrogens with zero attached hydrogens (tertiary/aromatic N) is 9. The van der Waals surface area contributed by atoms with Crippen molar-refractivity contribution in [1.82, 2.24) is 46.0 Å². The van der Waals surface area contributed by atoms with Crippen molar-refractivity contribution in [2.75, 3.05) is 41.9 Å². The smallest absolute Gasteiger partial charge is 0.245 e. The zero-order valence-corrected chi connectivity index (χ0v) is 35.5. The number of hydrogen-bond acceptors (Lipinski definition) is 11. The first-order valence-corrected chi connectivity index (χ1v) is 19.8. The number of aromatic nitrogens is 4. The molecule has 2 heterocycles. The number of ether oxygens (including phenoxy) is 2. The molecule has 1 fully saturated rings. The molecule has 0 aliphatic carbocycles. The van der Waals surface area contributed by atoms with E-state index >= 15 is 0 Å². The van der Waals surface area contributed by atoms with Crippen LogP contribution in [0.1, 0.15) is 84.7 Å². The number of rotatable bonds is 22. The van der Waals surface area contributed by atoms with Crippen LogP contribution in [0.4, 0.5) is 0 Å². The monoisotopic (exact) mass is 797 g/mol. The largest absolute Gasteiger partial charge is 0.379 e. The van der Waals surface area contributed by atoms with Gasteiger partial charge in [0.15, 0.2) is 5.82 Å². The van der Waals surface area contributed by atoms with E-state index < -0.39 is 60.3 Å². The third-order valence-corrected chi connectivity index (χ3v) is 11.3. The fourth-order valence-corrected chi connectivity index (χ4v) is 8.11. The quantitative estimate of drug-likeness (QED) is 0.0896. The Kier molecular flexibility index (Phi) is 18.3. The van der Waals surface area contributed by atoms with Gasteiger partial charge in [-0.05, 0) is 49.9 Å². The lowest BCUT2D eigenvalue weighted by atomic mass is 9.89. The molecule has 2 aromatic rings. The third kappa shape index (κ3) is 12.2. The van der Waals surface area contributed by atoms with Crippen LogP contribution in [0, 0.1) is 17.8 Å². The first-order valence-electron chi connectivity index (χ1n) is 19.8. The highest BCUT2D eigenvalue weighted by Gasteiger charge is 2.43. The number of carbonyl (C=O) groups is 4. The molecule has 57 heavy (non-hydrogen) atoms. The van der Waals surface area contributed by atoms with Gasteiger partial charge in [0.1, 0.15) is 6.04 Å². The van der Waals surface area contributed by atoms with Crippen LogP contribution >= 0.6 is 0 Å². The number of aromatic amines is 1. The summed E-state index contributed by atoms with van der Waals surface area (Å²) in [7, 11) is 8.27. The second-order valence-corrected chi connectivity index (χ2v) is 15.7. The SMILES string of the molecule is CC[C@H](C)[C@@H]([C@@H](CC(=O)N1CCCC1[C@H](OC)[C@@H](C)C(=O)N[C@@H](Cc1ccccc1)c1nn[nH]n1)OC)N(C)C(=O)[C@@H](NC(=O)C(C(C)C)N(C)C)[C@H](C)N=[N+]=[N-]. The summed E-state index contributed by atoms with van der Waals surface area (Å²) in [6.07, 6.45) is 1.06. The Bertz CT molecular complexity index is 1610. The van der Waals surface area contributed by atoms with Crippen molar-refractivity contribution in [3.8, 4) is 0 Å². The summed E-state index contributed by atoms with van der Waals surface area (Å²) in [5, 5.41) is 24.1. The third-order valence-electron chi connectivity index (χ3n) is 11.3. The highest BCUT2D eigenvalue weighted by atomic mass is 16.5. The molecule has 1 aliphatic rings. The molecule has 0 radical (unpaired) electrons. The van der Waals surface area contributed by atoms with Gasteiger partial charge in [-0.2, -0.15) is 5.21 Å². The van der Waals surface area contributed by atoms with Crippen molar-refractivity contribution in [1.29, 1.82) is 0 Å². The summed E-state index contributed by atoms with van der Waals surface area (Å²) < 4.78 is 12.0. The molecule has 18 nitrogen and oxygen atoms in total. The van der Waals surface area contributed by atoms with Gasteiger partial charge in [-0.15, -0.1) is 10.2 Å². The fourth-order valence-electron chi connectivity index (χ4n) is 8.11. The molecule has 3 rings (SSSR count). The van der Waals surface area contributed by atoms with Crippen molar-refractivity contribution in [3.63, 3.8) is 0 Å². The number of benzene rings is 1. The molecule has 3 N–H and O–H groups in total. The summed E-state index contributed by atoms with van der Waals surface area (Å²) in [5.74, 6) is -1.78. The molecular formula is C39H64N12O6. The zero-order valence-electron chi connectivity index (χ0n) is 35.5. The first-order chi connectivity index (χ1) is 27.1. The molecule has 4 amide bonds. The maximum Gasteiger partial charge on any atom is 0.245 e. The number of carbonyl (C=O) groups excluding carboxylic acids is 4. The van der Waals surface area contributed by atoms with Gasteiger partial charge in [-0.25, -0.2) is 0 Å². The van der Waals surface area contributed by atoms with Gasteiger partial charge in [-0.1, -0.05) is 88.6 Å². The molecular weight excluding hydrogens is 733 g/mol. The zero-order chi connectivity index (χ0) is 42.4. The lowest BCUT2D eigenvalue weighted by molar-refractivity contribution is -0.147. The molecule has 1 saturated heterocycles. The number of hydrogen-bond donors (Lipinski definition) is 3. The van der Waals surface area contributed by atoms with Gasteiger partial charge in [0, 0.05) is 39.1 Å². The maximum absolute atomic E-state index is 14.4. The Morgan fingerprint density at radius 2 is 1.72 bits per heavy atom. The van der Waals surface area contributed by atoms with Gasteiger partial charge in [0.2, 0.25) is 23.6 Å². The number of methoxy groups -OCH3 is 2. The van der Waals surface area contributed by atoms with Crippen molar-refractivity contribution in [2.24, 2.45) is 22.9 Å². The Balaban J connectivity index is 1.83. The van der Waals surface area contributed by atoms with Crippen LogP contribution in [0.15, 0.2) is 35.4 Å². The predicted octanol–water partition coefficient (Wildman–Crippen LogP) is 3.29. The van der Waals surface area contributed by atoms with E-state index in [1.807, 2.05) is 58.0 Å². The second-order valence-electron chi connectivity index (χ2n) is 15.7. The van der Waals surface area contributed by atoms with E-state index in [0.29, 0.717) is 31.6 Å². The van der Waals surface area contributed by atoms with E-state index in [-0.39, 0.29) is 36.0 Å². The minimum absolute atomic E-state index is 0.0490. The molecule has 2 unspecified atom stereocenters. The first kappa shape index (κ1) is 46.7. The fraction of sp³-hybridized carbons (Fsp3) is 0.718. The standard InChI is InChI=1S/C39H64N12O6/c1-12-24(4)34(50(9)39(55)32(26(6)43-46-40)42-38(54)33(23(2)3)49(7)8)30(56-10)22-31(52)51-20-16-19-29(51)35(57-11)25(5)37(53)41-28(36-44-47-48-45-36)21-27-17-14-13-15-18-27/h13-15,17-18,23-26,28-30,32-35H,12,16,19-22H2,1-11H3,(H,41,53)(H,42,54)(H,44,45,47,48)/t24-,25+,26-,28-,29?,30+,32-,33?,34-,35+/m0/s1. The lowest BCUT2D eigenvalue weighted by Gasteiger charge is -2.41. The average molecular weight is 797 g/mol. The molecule has 1 aromatic heterocycles. The van der Waals surface area contributed by atoms with Crippen LogP contribution in [0.3, 0.4) is 0 Å². The van der Waals surface area contributed by atoms with Crippen LogP contribution in [0.5, 0.6) is 0 Å². The van der Waals surface area contributed by atoms with E-state index in [1.165, 1.54) is 12.0 Å².